The summed E-state index contributed by atoms with van der Waals surface area (Å²) in [6, 6.07) is 0. The summed E-state index contributed by atoms with van der Waals surface area (Å²) in [5.41, 5.74) is 0. The van der Waals surface area contributed by atoms with Gasteiger partial charge in [0.2, 0.25) is 0 Å². The molecule has 0 fully saturated rings. The van der Waals surface area contributed by atoms with Crippen LogP contribution in [0.1, 0.15) is 90.9 Å². The standard InChI is InChI=1S/C16H33/c1-4-6-7-8-9-10-11-12-13-14-15-16(3)5-2/h16H,1,4-15H2,2-3H3. The van der Waals surface area contributed by atoms with Crippen molar-refractivity contribution in [2.75, 3.05) is 0 Å². The molecule has 0 heterocycles. The Morgan fingerprint density at radius 3 is 1.62 bits per heavy atom. The van der Waals surface area contributed by atoms with Crippen molar-refractivity contribution in [2.45, 2.75) is 90.9 Å². The Kier molecular flexibility index (Phi) is 13.1. The van der Waals surface area contributed by atoms with Crippen molar-refractivity contribution in [3.05, 3.63) is 6.92 Å². The molecule has 0 saturated heterocycles. The molecule has 97 valence electrons. The van der Waals surface area contributed by atoms with Crippen molar-refractivity contribution in [3.8, 4) is 0 Å². The summed E-state index contributed by atoms with van der Waals surface area (Å²) in [4.78, 5) is 0. The largest absolute Gasteiger partial charge is 0.0651 e. The molecule has 0 nitrogen and oxygen atoms in total. The number of hydrogen-bond donors (Lipinski definition) is 0. The Balaban J connectivity index is 2.93. The van der Waals surface area contributed by atoms with Crippen molar-refractivity contribution in [3.63, 3.8) is 0 Å². The highest BCUT2D eigenvalue weighted by molar-refractivity contribution is 4.52. The van der Waals surface area contributed by atoms with Gasteiger partial charge in [-0.1, -0.05) is 97.8 Å². The Morgan fingerprint density at radius 1 is 0.750 bits per heavy atom. The van der Waals surface area contributed by atoms with E-state index in [4.69, 9.17) is 0 Å². The van der Waals surface area contributed by atoms with Crippen LogP contribution < -0.4 is 0 Å². The first kappa shape index (κ1) is 16.0. The van der Waals surface area contributed by atoms with Crippen LogP contribution in [-0.4, -0.2) is 0 Å². The van der Waals surface area contributed by atoms with Crippen molar-refractivity contribution in [1.29, 1.82) is 0 Å². The fraction of sp³-hybridized carbons (Fsp3) is 0.938. The predicted octanol–water partition coefficient (Wildman–Crippen LogP) is 6.16. The first-order chi connectivity index (χ1) is 7.81. The lowest BCUT2D eigenvalue weighted by Crippen LogP contribution is -1.91. The second-order valence-electron chi connectivity index (χ2n) is 5.34. The van der Waals surface area contributed by atoms with Gasteiger partial charge in [-0.2, -0.15) is 0 Å². The van der Waals surface area contributed by atoms with Gasteiger partial charge >= 0.3 is 0 Å². The molecule has 0 aliphatic heterocycles. The third kappa shape index (κ3) is 12.1. The molecule has 0 amide bonds. The average molecular weight is 225 g/mol. The van der Waals surface area contributed by atoms with Gasteiger partial charge in [-0.05, 0) is 5.92 Å². The van der Waals surface area contributed by atoms with E-state index in [-0.39, 0.29) is 0 Å². The van der Waals surface area contributed by atoms with Crippen molar-refractivity contribution >= 4 is 0 Å². The SMILES string of the molecule is [CH2]CCCCCCCCCCCC(C)CC. The maximum absolute atomic E-state index is 3.87. The number of unbranched alkanes of at least 4 members (excludes halogenated alkanes) is 9. The monoisotopic (exact) mass is 225 g/mol. The van der Waals surface area contributed by atoms with Gasteiger partial charge in [-0.15, -0.1) is 0 Å². The zero-order valence-corrected chi connectivity index (χ0v) is 11.8. The van der Waals surface area contributed by atoms with Gasteiger partial charge in [-0.25, -0.2) is 0 Å². The van der Waals surface area contributed by atoms with Crippen LogP contribution in [0.15, 0.2) is 0 Å². The average Bonchev–Trinajstić information content (AvgIpc) is 2.31. The van der Waals surface area contributed by atoms with E-state index in [2.05, 4.69) is 20.8 Å². The number of rotatable bonds is 12. The summed E-state index contributed by atoms with van der Waals surface area (Å²) in [5.74, 6) is 0.947. The lowest BCUT2D eigenvalue weighted by molar-refractivity contribution is 0.469. The second-order valence-corrected chi connectivity index (χ2v) is 5.34. The minimum absolute atomic E-state index is 0.947. The first-order valence-corrected chi connectivity index (χ1v) is 7.60. The molecular formula is C16H33. The molecule has 0 aromatic carbocycles. The van der Waals surface area contributed by atoms with E-state index >= 15 is 0 Å². The van der Waals surface area contributed by atoms with Crippen LogP contribution in [0.25, 0.3) is 0 Å². The highest BCUT2D eigenvalue weighted by Gasteiger charge is 1.98. The minimum atomic E-state index is 0.947. The van der Waals surface area contributed by atoms with Crippen molar-refractivity contribution in [2.24, 2.45) is 5.92 Å². The van der Waals surface area contributed by atoms with Crippen molar-refractivity contribution in [1.82, 2.24) is 0 Å². The molecule has 0 heteroatoms. The van der Waals surface area contributed by atoms with Crippen LogP contribution in [0.2, 0.25) is 0 Å². The van der Waals surface area contributed by atoms with Gasteiger partial charge in [0.15, 0.2) is 0 Å². The topological polar surface area (TPSA) is 0 Å². The van der Waals surface area contributed by atoms with Gasteiger partial charge in [0.25, 0.3) is 0 Å². The predicted molar refractivity (Wildman–Crippen MR) is 75.6 cm³/mol. The third-order valence-corrected chi connectivity index (χ3v) is 3.64. The van der Waals surface area contributed by atoms with E-state index in [0.29, 0.717) is 0 Å². The highest BCUT2D eigenvalue weighted by Crippen LogP contribution is 2.15. The van der Waals surface area contributed by atoms with E-state index < -0.39 is 0 Å². The molecule has 0 aromatic rings. The molecular weight excluding hydrogens is 192 g/mol. The molecule has 0 saturated carbocycles. The molecule has 0 bridgehead atoms. The van der Waals surface area contributed by atoms with Gasteiger partial charge in [-0.3, -0.25) is 0 Å². The van der Waals surface area contributed by atoms with Crippen LogP contribution in [0.4, 0.5) is 0 Å². The normalized spacial score (nSPS) is 12.9. The van der Waals surface area contributed by atoms with Crippen LogP contribution >= 0.6 is 0 Å². The highest BCUT2D eigenvalue weighted by atomic mass is 14.0. The zero-order chi connectivity index (χ0) is 12.1. The van der Waals surface area contributed by atoms with Crippen LogP contribution in [-0.2, 0) is 0 Å². The lowest BCUT2D eigenvalue weighted by atomic mass is 9.99. The molecule has 0 aliphatic rings. The molecule has 0 aliphatic carbocycles. The molecule has 16 heavy (non-hydrogen) atoms. The van der Waals surface area contributed by atoms with E-state index in [1.165, 1.54) is 70.6 Å². The Labute approximate surface area is 104 Å². The van der Waals surface area contributed by atoms with Crippen LogP contribution in [0.5, 0.6) is 0 Å². The third-order valence-electron chi connectivity index (χ3n) is 3.64. The molecule has 1 unspecified atom stereocenters. The quantitative estimate of drug-likeness (QED) is 0.349. The van der Waals surface area contributed by atoms with E-state index in [1.54, 1.807) is 0 Å². The van der Waals surface area contributed by atoms with Crippen LogP contribution in [0, 0.1) is 12.8 Å². The molecule has 1 radical (unpaired) electrons. The Hall–Kier alpha value is 0. The van der Waals surface area contributed by atoms with Crippen LogP contribution in [0.3, 0.4) is 0 Å². The summed E-state index contributed by atoms with van der Waals surface area (Å²) in [5, 5.41) is 0. The molecule has 0 aromatic heterocycles. The Bertz CT molecular complexity index is 117. The maximum atomic E-state index is 3.87. The lowest BCUT2D eigenvalue weighted by Gasteiger charge is -2.07. The summed E-state index contributed by atoms with van der Waals surface area (Å²) in [7, 11) is 0. The Morgan fingerprint density at radius 2 is 1.19 bits per heavy atom. The van der Waals surface area contributed by atoms with E-state index in [1.807, 2.05) is 0 Å². The summed E-state index contributed by atoms with van der Waals surface area (Å²) < 4.78 is 0. The maximum Gasteiger partial charge on any atom is -0.0445 e. The summed E-state index contributed by atoms with van der Waals surface area (Å²) in [6.45, 7) is 8.55. The van der Waals surface area contributed by atoms with Gasteiger partial charge in [0.05, 0.1) is 0 Å². The number of hydrogen-bond acceptors (Lipinski definition) is 0. The van der Waals surface area contributed by atoms with E-state index in [9.17, 15) is 0 Å². The zero-order valence-electron chi connectivity index (χ0n) is 11.8. The molecule has 0 N–H and O–H groups in total. The summed E-state index contributed by atoms with van der Waals surface area (Å²) in [6.07, 6.45) is 16.8. The van der Waals surface area contributed by atoms with Gasteiger partial charge in [0.1, 0.15) is 0 Å². The van der Waals surface area contributed by atoms with E-state index in [0.717, 1.165) is 12.3 Å². The van der Waals surface area contributed by atoms with Gasteiger partial charge in [0, 0.05) is 0 Å². The minimum Gasteiger partial charge on any atom is -0.0651 e. The van der Waals surface area contributed by atoms with Crippen molar-refractivity contribution < 1.29 is 0 Å². The van der Waals surface area contributed by atoms with Gasteiger partial charge < -0.3 is 0 Å². The molecule has 0 rings (SSSR count). The second kappa shape index (κ2) is 13.1. The first-order valence-electron chi connectivity index (χ1n) is 7.60. The molecule has 1 atom stereocenters. The molecule has 0 spiro atoms. The summed E-state index contributed by atoms with van der Waals surface area (Å²) >= 11 is 0. The smallest absolute Gasteiger partial charge is 0.0445 e. The fourth-order valence-corrected chi connectivity index (χ4v) is 2.11. The fourth-order valence-electron chi connectivity index (χ4n) is 2.11.